The predicted octanol–water partition coefficient (Wildman–Crippen LogP) is 1.81. The lowest BCUT2D eigenvalue weighted by Crippen LogP contribution is -2.50. The molecule has 0 bridgehead atoms. The molecule has 1 N–H and O–H groups in total. The first-order chi connectivity index (χ1) is 11.0. The molecule has 6 heteroatoms. The number of aliphatic hydroxyl groups excluding tert-OH is 1. The summed E-state index contributed by atoms with van der Waals surface area (Å²) in [7, 11) is 1.58. The van der Waals surface area contributed by atoms with E-state index in [0.717, 1.165) is 31.7 Å². The molecule has 2 rings (SSSR count). The second-order valence-electron chi connectivity index (χ2n) is 6.00. The molecule has 1 saturated heterocycles. The smallest absolute Gasteiger partial charge is 0.222 e. The van der Waals surface area contributed by atoms with Gasteiger partial charge in [-0.15, -0.1) is 0 Å². The van der Waals surface area contributed by atoms with Crippen LogP contribution in [0.1, 0.15) is 18.9 Å². The normalized spacial score (nSPS) is 17.1. The number of carbonyl (C=O) groups excluding carboxylic acids is 1. The van der Waals surface area contributed by atoms with Crippen molar-refractivity contribution in [3.8, 4) is 5.75 Å². The van der Waals surface area contributed by atoms with E-state index in [4.69, 9.17) is 16.3 Å². The van der Waals surface area contributed by atoms with Crippen molar-refractivity contribution in [3.63, 3.8) is 0 Å². The van der Waals surface area contributed by atoms with Crippen LogP contribution in [0, 0.1) is 0 Å². The fourth-order valence-corrected chi connectivity index (χ4v) is 3.11. The third kappa shape index (κ3) is 5.37. The number of amides is 1. The summed E-state index contributed by atoms with van der Waals surface area (Å²) in [5, 5.41) is 9.98. The van der Waals surface area contributed by atoms with Gasteiger partial charge in [-0.1, -0.05) is 17.7 Å². The van der Waals surface area contributed by atoms with Crippen LogP contribution in [0.5, 0.6) is 5.75 Å². The van der Waals surface area contributed by atoms with Gasteiger partial charge in [-0.3, -0.25) is 9.69 Å². The van der Waals surface area contributed by atoms with Gasteiger partial charge >= 0.3 is 0 Å². The number of halogens is 1. The second-order valence-corrected chi connectivity index (χ2v) is 6.41. The lowest BCUT2D eigenvalue weighted by atomic mass is 10.1. The van der Waals surface area contributed by atoms with Gasteiger partial charge in [0, 0.05) is 39.1 Å². The molecule has 0 spiro atoms. The number of β-amino-alcohol motifs (C(OH)–C–C–N with tert-alkyl or cyclic N) is 1. The Morgan fingerprint density at radius 2 is 2.04 bits per heavy atom. The summed E-state index contributed by atoms with van der Waals surface area (Å²) >= 11 is 6.10. The maximum absolute atomic E-state index is 12.3. The first-order valence-corrected chi connectivity index (χ1v) is 8.38. The number of aryl methyl sites for hydroxylation is 1. The van der Waals surface area contributed by atoms with Crippen LogP contribution in [-0.4, -0.2) is 66.8 Å². The van der Waals surface area contributed by atoms with Crippen molar-refractivity contribution in [2.24, 2.45) is 0 Å². The number of benzene rings is 1. The lowest BCUT2D eigenvalue weighted by Gasteiger charge is -2.35. The van der Waals surface area contributed by atoms with E-state index in [2.05, 4.69) is 4.90 Å². The zero-order chi connectivity index (χ0) is 16.8. The van der Waals surface area contributed by atoms with Crippen LogP contribution < -0.4 is 4.74 Å². The third-order valence-electron chi connectivity index (χ3n) is 4.09. The Labute approximate surface area is 142 Å². The average molecular weight is 341 g/mol. The molecule has 1 fully saturated rings. The fraction of sp³-hybridized carbons (Fsp3) is 0.588. The minimum Gasteiger partial charge on any atom is -0.495 e. The first-order valence-electron chi connectivity index (χ1n) is 8.00. The van der Waals surface area contributed by atoms with Crippen LogP contribution in [0.3, 0.4) is 0 Å². The molecule has 1 atom stereocenters. The van der Waals surface area contributed by atoms with Crippen molar-refractivity contribution in [1.29, 1.82) is 0 Å². The molecule has 0 saturated carbocycles. The molecule has 1 unspecified atom stereocenters. The van der Waals surface area contributed by atoms with Crippen molar-refractivity contribution in [3.05, 3.63) is 28.8 Å². The topological polar surface area (TPSA) is 53.0 Å². The highest BCUT2D eigenvalue weighted by molar-refractivity contribution is 6.32. The van der Waals surface area contributed by atoms with E-state index in [1.54, 1.807) is 14.0 Å². The summed E-state index contributed by atoms with van der Waals surface area (Å²) in [4.78, 5) is 16.4. The number of hydrogen-bond donors (Lipinski definition) is 1. The Kier molecular flexibility index (Phi) is 6.69. The lowest BCUT2D eigenvalue weighted by molar-refractivity contribution is -0.133. The fourth-order valence-electron chi connectivity index (χ4n) is 2.83. The van der Waals surface area contributed by atoms with E-state index in [1.165, 1.54) is 0 Å². The number of nitrogens with zero attached hydrogens (tertiary/aromatic N) is 2. The van der Waals surface area contributed by atoms with Crippen molar-refractivity contribution in [2.75, 3.05) is 39.8 Å². The van der Waals surface area contributed by atoms with Gasteiger partial charge in [0.2, 0.25) is 5.91 Å². The molecule has 0 aromatic heterocycles. The summed E-state index contributed by atoms with van der Waals surface area (Å²) in [6.07, 6.45) is 0.840. The summed E-state index contributed by atoms with van der Waals surface area (Å²) < 4.78 is 5.13. The van der Waals surface area contributed by atoms with E-state index < -0.39 is 0 Å². The van der Waals surface area contributed by atoms with Crippen molar-refractivity contribution in [1.82, 2.24) is 9.80 Å². The van der Waals surface area contributed by atoms with Crippen LogP contribution >= 0.6 is 11.6 Å². The summed E-state index contributed by atoms with van der Waals surface area (Å²) in [5.41, 5.74) is 1.04. The van der Waals surface area contributed by atoms with Crippen LogP contribution in [-0.2, 0) is 11.2 Å². The predicted molar refractivity (Wildman–Crippen MR) is 91.0 cm³/mol. The SMILES string of the molecule is COc1ccc(CCC(=O)N2CCN(CC(C)O)CC2)cc1Cl. The highest BCUT2D eigenvalue weighted by atomic mass is 35.5. The quantitative estimate of drug-likeness (QED) is 0.858. The van der Waals surface area contributed by atoms with Gasteiger partial charge in [0.25, 0.3) is 0 Å². The van der Waals surface area contributed by atoms with Gasteiger partial charge in [-0.05, 0) is 31.0 Å². The molecule has 1 amide bonds. The molecule has 1 aliphatic heterocycles. The minimum atomic E-state index is -0.322. The number of hydrogen-bond acceptors (Lipinski definition) is 4. The Morgan fingerprint density at radius 3 is 2.61 bits per heavy atom. The number of piperazine rings is 1. The minimum absolute atomic E-state index is 0.175. The van der Waals surface area contributed by atoms with E-state index in [9.17, 15) is 9.90 Å². The zero-order valence-electron chi connectivity index (χ0n) is 13.8. The average Bonchev–Trinajstić information content (AvgIpc) is 2.53. The Hall–Kier alpha value is -1.30. The van der Waals surface area contributed by atoms with Crippen LogP contribution in [0.25, 0.3) is 0 Å². The number of ether oxygens (including phenoxy) is 1. The van der Waals surface area contributed by atoms with Gasteiger partial charge < -0.3 is 14.7 Å². The molecule has 0 aliphatic carbocycles. The highest BCUT2D eigenvalue weighted by Crippen LogP contribution is 2.25. The van der Waals surface area contributed by atoms with Gasteiger partial charge in [0.05, 0.1) is 18.2 Å². The molecule has 23 heavy (non-hydrogen) atoms. The Morgan fingerprint density at radius 1 is 1.35 bits per heavy atom. The van der Waals surface area contributed by atoms with Gasteiger partial charge in [-0.2, -0.15) is 0 Å². The summed E-state index contributed by atoms with van der Waals surface area (Å²) in [6.45, 7) is 5.57. The van der Waals surface area contributed by atoms with Crippen molar-refractivity contribution < 1.29 is 14.6 Å². The largest absolute Gasteiger partial charge is 0.495 e. The molecule has 1 aliphatic rings. The van der Waals surface area contributed by atoms with E-state index in [1.807, 2.05) is 23.1 Å². The second kappa shape index (κ2) is 8.52. The van der Waals surface area contributed by atoms with E-state index in [-0.39, 0.29) is 12.0 Å². The number of methoxy groups -OCH3 is 1. The van der Waals surface area contributed by atoms with Crippen molar-refractivity contribution in [2.45, 2.75) is 25.9 Å². The standard InChI is InChI=1S/C17H25ClN2O3/c1-13(21)12-19-7-9-20(10-8-19)17(22)6-4-14-3-5-16(23-2)15(18)11-14/h3,5,11,13,21H,4,6-10,12H2,1-2H3. The van der Waals surface area contributed by atoms with Crippen molar-refractivity contribution >= 4 is 17.5 Å². The highest BCUT2D eigenvalue weighted by Gasteiger charge is 2.21. The van der Waals surface area contributed by atoms with Crippen LogP contribution in [0.15, 0.2) is 18.2 Å². The van der Waals surface area contributed by atoms with E-state index >= 15 is 0 Å². The third-order valence-corrected chi connectivity index (χ3v) is 4.39. The summed E-state index contributed by atoms with van der Waals surface area (Å²) in [5.74, 6) is 0.824. The number of carbonyl (C=O) groups is 1. The monoisotopic (exact) mass is 340 g/mol. The van der Waals surface area contributed by atoms with Crippen LogP contribution in [0.4, 0.5) is 0 Å². The number of rotatable bonds is 6. The molecule has 5 nitrogen and oxygen atoms in total. The molecule has 128 valence electrons. The molecular weight excluding hydrogens is 316 g/mol. The van der Waals surface area contributed by atoms with Gasteiger partial charge in [0.15, 0.2) is 0 Å². The Bertz CT molecular complexity index is 529. The molecule has 1 aromatic rings. The first kappa shape index (κ1) is 18.0. The molecule has 0 radical (unpaired) electrons. The Balaban J connectivity index is 1.78. The summed E-state index contributed by atoms with van der Waals surface area (Å²) in [6, 6.07) is 5.63. The molecular formula is C17H25ClN2O3. The maximum atomic E-state index is 12.3. The van der Waals surface area contributed by atoms with E-state index in [0.29, 0.717) is 30.2 Å². The van der Waals surface area contributed by atoms with Gasteiger partial charge in [-0.25, -0.2) is 0 Å². The molecule has 1 heterocycles. The zero-order valence-corrected chi connectivity index (χ0v) is 14.6. The maximum Gasteiger partial charge on any atom is 0.222 e. The van der Waals surface area contributed by atoms with Crippen LogP contribution in [0.2, 0.25) is 5.02 Å². The molecule has 1 aromatic carbocycles. The number of aliphatic hydroxyl groups is 1. The van der Waals surface area contributed by atoms with Gasteiger partial charge in [0.1, 0.15) is 5.75 Å².